The van der Waals surface area contributed by atoms with Crippen LogP contribution in [0, 0.1) is 5.92 Å². The maximum atomic E-state index is 13.5. The third kappa shape index (κ3) is 9.04. The number of hydrogen-bond acceptors (Lipinski definition) is 7. The van der Waals surface area contributed by atoms with E-state index in [0.29, 0.717) is 17.5 Å². The Morgan fingerprint density at radius 3 is 2.09 bits per heavy atom. The lowest BCUT2D eigenvalue weighted by Crippen LogP contribution is -2.58. The summed E-state index contributed by atoms with van der Waals surface area (Å²) in [5.74, 6) is -4.76. The molecule has 0 radical (unpaired) electrons. The first kappa shape index (κ1) is 32.6. The molecule has 5 atom stereocenters. The number of phenolic OH excluding ortho intramolecular Hbond substituents is 1. The molecule has 4 amide bonds. The fourth-order valence-corrected chi connectivity index (χ4v) is 4.53. The molecule has 0 aliphatic carbocycles. The standard InChI is InChI=1S/C30H38N6O7/c1-3-16(2)26(32)29(41)35-22(12-17-8-10-19(37)11-9-17)27(39)34-23(14-25(31)38)28(40)36-24(30(42)43)13-18-15-33-21-7-5-4-6-20(18)21/h4-11,15-16,22-24,26,33,37H,3,12-14,32H2,1-2H3,(H2,31,38)(H,34,39)(H,35,41)(H,36,40)(H,42,43). The molecule has 0 bridgehead atoms. The van der Waals surface area contributed by atoms with Crippen LogP contribution in [-0.4, -0.2) is 69.0 Å². The van der Waals surface area contributed by atoms with Crippen molar-refractivity contribution in [1.29, 1.82) is 0 Å². The van der Waals surface area contributed by atoms with Crippen molar-refractivity contribution in [2.45, 2.75) is 63.7 Å². The summed E-state index contributed by atoms with van der Waals surface area (Å²) in [5, 5.41) is 27.7. The summed E-state index contributed by atoms with van der Waals surface area (Å²) in [4.78, 5) is 66.6. The topological polar surface area (TPSA) is 230 Å². The van der Waals surface area contributed by atoms with Crippen molar-refractivity contribution in [2.24, 2.45) is 17.4 Å². The van der Waals surface area contributed by atoms with E-state index in [1.165, 1.54) is 12.1 Å². The van der Waals surface area contributed by atoms with Crippen LogP contribution in [0.5, 0.6) is 5.75 Å². The number of aromatic amines is 1. The largest absolute Gasteiger partial charge is 0.508 e. The van der Waals surface area contributed by atoms with Gasteiger partial charge >= 0.3 is 5.97 Å². The molecule has 2 aromatic carbocycles. The zero-order valence-corrected chi connectivity index (χ0v) is 24.0. The van der Waals surface area contributed by atoms with E-state index in [1.54, 1.807) is 31.3 Å². The van der Waals surface area contributed by atoms with Crippen molar-refractivity contribution in [2.75, 3.05) is 0 Å². The van der Waals surface area contributed by atoms with E-state index in [-0.39, 0.29) is 24.5 Å². The van der Waals surface area contributed by atoms with Gasteiger partial charge in [-0.2, -0.15) is 0 Å². The number of rotatable bonds is 15. The van der Waals surface area contributed by atoms with Crippen molar-refractivity contribution >= 4 is 40.5 Å². The van der Waals surface area contributed by atoms with Gasteiger partial charge in [0.1, 0.15) is 23.9 Å². The second kappa shape index (κ2) is 14.8. The molecular formula is C30H38N6O7. The number of phenols is 1. The van der Waals surface area contributed by atoms with E-state index in [4.69, 9.17) is 11.5 Å². The molecule has 13 nitrogen and oxygen atoms in total. The van der Waals surface area contributed by atoms with Gasteiger partial charge in [-0.05, 0) is 35.2 Å². The minimum Gasteiger partial charge on any atom is -0.508 e. The Balaban J connectivity index is 1.80. The first-order chi connectivity index (χ1) is 20.4. The quantitative estimate of drug-likeness (QED) is 0.123. The van der Waals surface area contributed by atoms with Gasteiger partial charge in [0.05, 0.1) is 12.5 Å². The second-order valence-electron chi connectivity index (χ2n) is 10.5. The molecule has 43 heavy (non-hydrogen) atoms. The fraction of sp³-hybridized carbons (Fsp3) is 0.367. The highest BCUT2D eigenvalue weighted by molar-refractivity contribution is 5.96. The predicted molar refractivity (Wildman–Crippen MR) is 158 cm³/mol. The SMILES string of the molecule is CCC(C)C(N)C(=O)NC(Cc1ccc(O)cc1)C(=O)NC(CC(N)=O)C(=O)NC(Cc1c[nH]c2ccccc12)C(=O)O. The number of para-hydroxylation sites is 1. The molecule has 10 N–H and O–H groups in total. The highest BCUT2D eigenvalue weighted by Crippen LogP contribution is 2.19. The molecule has 1 heterocycles. The number of aromatic hydroxyl groups is 1. The third-order valence-electron chi connectivity index (χ3n) is 7.32. The summed E-state index contributed by atoms with van der Waals surface area (Å²) in [5.41, 5.74) is 13.4. The molecule has 0 aliphatic rings. The second-order valence-corrected chi connectivity index (χ2v) is 10.5. The first-order valence-electron chi connectivity index (χ1n) is 13.9. The van der Waals surface area contributed by atoms with Gasteiger partial charge in [0.25, 0.3) is 0 Å². The third-order valence-corrected chi connectivity index (χ3v) is 7.32. The van der Waals surface area contributed by atoms with E-state index >= 15 is 0 Å². The number of hydrogen-bond donors (Lipinski definition) is 8. The van der Waals surface area contributed by atoms with Gasteiger partial charge in [-0.3, -0.25) is 19.2 Å². The van der Waals surface area contributed by atoms with Crippen LogP contribution in [0.25, 0.3) is 10.9 Å². The molecule has 0 aliphatic heterocycles. The molecule has 1 aromatic heterocycles. The lowest BCUT2D eigenvalue weighted by Gasteiger charge is -2.26. The van der Waals surface area contributed by atoms with Crippen LogP contribution in [-0.2, 0) is 36.8 Å². The minimum absolute atomic E-state index is 0.00592. The van der Waals surface area contributed by atoms with Gasteiger partial charge in [0.2, 0.25) is 23.6 Å². The van der Waals surface area contributed by atoms with E-state index in [9.17, 15) is 34.2 Å². The van der Waals surface area contributed by atoms with E-state index in [2.05, 4.69) is 20.9 Å². The summed E-state index contributed by atoms with van der Waals surface area (Å²) in [6.07, 6.45) is 1.54. The summed E-state index contributed by atoms with van der Waals surface area (Å²) in [7, 11) is 0. The van der Waals surface area contributed by atoms with Gasteiger partial charge < -0.3 is 42.6 Å². The molecule has 3 rings (SSSR count). The van der Waals surface area contributed by atoms with Gasteiger partial charge in [-0.25, -0.2) is 4.79 Å². The number of nitrogens with two attached hydrogens (primary N) is 2. The van der Waals surface area contributed by atoms with Crippen molar-refractivity contribution < 1.29 is 34.2 Å². The van der Waals surface area contributed by atoms with Gasteiger partial charge in [-0.15, -0.1) is 0 Å². The Labute approximate surface area is 248 Å². The number of nitrogens with one attached hydrogen (secondary N) is 4. The molecule has 0 saturated carbocycles. The van der Waals surface area contributed by atoms with Gasteiger partial charge in [0.15, 0.2) is 0 Å². The Kier molecular flexibility index (Phi) is 11.2. The van der Waals surface area contributed by atoms with Crippen molar-refractivity contribution in [3.63, 3.8) is 0 Å². The van der Waals surface area contributed by atoms with E-state index in [1.807, 2.05) is 25.1 Å². The smallest absolute Gasteiger partial charge is 0.326 e. The monoisotopic (exact) mass is 594 g/mol. The lowest BCUT2D eigenvalue weighted by molar-refractivity contribution is -0.142. The van der Waals surface area contributed by atoms with E-state index in [0.717, 1.165) is 10.9 Å². The number of fused-ring (bicyclic) bond motifs is 1. The highest BCUT2D eigenvalue weighted by atomic mass is 16.4. The number of benzene rings is 2. The lowest BCUT2D eigenvalue weighted by atomic mass is 9.98. The number of amides is 4. The molecular weight excluding hydrogens is 556 g/mol. The van der Waals surface area contributed by atoms with Gasteiger partial charge in [-0.1, -0.05) is 50.6 Å². The van der Waals surface area contributed by atoms with E-state index < -0.39 is 60.2 Å². The van der Waals surface area contributed by atoms with Crippen molar-refractivity contribution in [3.8, 4) is 5.75 Å². The van der Waals surface area contributed by atoms with Crippen LogP contribution < -0.4 is 27.4 Å². The number of carbonyl (C=O) groups excluding carboxylic acids is 4. The number of primary amides is 1. The summed E-state index contributed by atoms with van der Waals surface area (Å²) in [6, 6.07) is 8.17. The summed E-state index contributed by atoms with van der Waals surface area (Å²) in [6.45, 7) is 3.66. The van der Waals surface area contributed by atoms with Crippen LogP contribution in [0.3, 0.4) is 0 Å². The van der Waals surface area contributed by atoms with Gasteiger partial charge in [0, 0.05) is 29.9 Å². The molecule has 0 saturated heterocycles. The van der Waals surface area contributed by atoms with Crippen molar-refractivity contribution in [3.05, 3.63) is 65.9 Å². The number of aliphatic carboxylic acids is 1. The summed E-state index contributed by atoms with van der Waals surface area (Å²) >= 11 is 0. The van der Waals surface area contributed by atoms with Crippen LogP contribution in [0.1, 0.15) is 37.8 Å². The number of aromatic nitrogens is 1. The molecule has 5 unspecified atom stereocenters. The maximum Gasteiger partial charge on any atom is 0.326 e. The zero-order valence-electron chi connectivity index (χ0n) is 24.0. The molecule has 0 spiro atoms. The normalized spacial score (nSPS) is 14.6. The number of carboxylic acid groups (broad SMARTS) is 1. The fourth-order valence-electron chi connectivity index (χ4n) is 4.53. The highest BCUT2D eigenvalue weighted by Gasteiger charge is 2.32. The molecule has 230 valence electrons. The Bertz CT molecular complexity index is 1450. The van der Waals surface area contributed by atoms with Crippen LogP contribution in [0.15, 0.2) is 54.7 Å². The Morgan fingerprint density at radius 2 is 1.47 bits per heavy atom. The summed E-state index contributed by atoms with van der Waals surface area (Å²) < 4.78 is 0. The average Bonchev–Trinajstić information content (AvgIpc) is 3.38. The minimum atomic E-state index is -1.53. The molecule has 0 fully saturated rings. The predicted octanol–water partition coefficient (Wildman–Crippen LogP) is 0.447. The Morgan fingerprint density at radius 1 is 0.860 bits per heavy atom. The number of carboxylic acids is 1. The zero-order chi connectivity index (χ0) is 31.7. The average molecular weight is 595 g/mol. The van der Waals surface area contributed by atoms with Crippen LogP contribution >= 0.6 is 0 Å². The molecule has 3 aromatic rings. The van der Waals surface area contributed by atoms with Crippen LogP contribution in [0.4, 0.5) is 0 Å². The maximum absolute atomic E-state index is 13.5. The van der Waals surface area contributed by atoms with Crippen LogP contribution in [0.2, 0.25) is 0 Å². The Hall–Kier alpha value is -4.91. The number of carbonyl (C=O) groups is 5. The molecule has 13 heteroatoms. The first-order valence-corrected chi connectivity index (χ1v) is 13.9. The number of H-pyrrole nitrogens is 1. The van der Waals surface area contributed by atoms with Crippen molar-refractivity contribution in [1.82, 2.24) is 20.9 Å².